The fourth-order valence-corrected chi connectivity index (χ4v) is 1.80. The molecule has 1 aromatic carbocycles. The highest BCUT2D eigenvalue weighted by Crippen LogP contribution is 2.11. The molecule has 0 saturated heterocycles. The number of hydrogen-bond acceptors (Lipinski definition) is 0. The van der Waals surface area contributed by atoms with Crippen LogP contribution < -0.4 is 0 Å². The Morgan fingerprint density at radius 1 is 1.13 bits per heavy atom. The monoisotopic (exact) mass is 202 g/mol. The standard InChI is InChI=1S/C15H22/c1-3-5-6-7-10-15-12-8-11-14(13-15)9-4-2/h4,8-9,11-13H,3,5-7,10H2,1-2H3. The molecule has 82 valence electrons. The van der Waals surface area contributed by atoms with Crippen LogP contribution in [0.5, 0.6) is 0 Å². The fraction of sp³-hybridized carbons (Fsp3) is 0.467. The molecule has 0 saturated carbocycles. The average molecular weight is 202 g/mol. The molecule has 0 heterocycles. The van der Waals surface area contributed by atoms with Crippen LogP contribution in [0, 0.1) is 0 Å². The average Bonchev–Trinajstić information content (AvgIpc) is 2.26. The van der Waals surface area contributed by atoms with Crippen molar-refractivity contribution in [3.8, 4) is 0 Å². The van der Waals surface area contributed by atoms with Crippen molar-refractivity contribution in [2.75, 3.05) is 0 Å². The Morgan fingerprint density at radius 3 is 2.73 bits per heavy atom. The van der Waals surface area contributed by atoms with Crippen LogP contribution in [0.2, 0.25) is 0 Å². The molecule has 0 unspecified atom stereocenters. The van der Waals surface area contributed by atoms with Crippen molar-refractivity contribution in [2.24, 2.45) is 0 Å². The zero-order valence-corrected chi connectivity index (χ0v) is 10.00. The van der Waals surface area contributed by atoms with Gasteiger partial charge in [0, 0.05) is 0 Å². The molecule has 0 aromatic heterocycles. The topological polar surface area (TPSA) is 0 Å². The van der Waals surface area contributed by atoms with E-state index < -0.39 is 0 Å². The van der Waals surface area contributed by atoms with Gasteiger partial charge in [0.2, 0.25) is 0 Å². The first-order valence-corrected chi connectivity index (χ1v) is 6.08. The predicted molar refractivity (Wildman–Crippen MR) is 69.0 cm³/mol. The molecule has 0 radical (unpaired) electrons. The van der Waals surface area contributed by atoms with E-state index in [2.05, 4.69) is 50.3 Å². The number of aryl methyl sites for hydroxylation is 1. The summed E-state index contributed by atoms with van der Waals surface area (Å²) in [5.41, 5.74) is 2.80. The SMILES string of the molecule is CC=Cc1cccc(CCCCCC)c1. The first-order chi connectivity index (χ1) is 7.36. The molecular formula is C15H22. The molecule has 0 fully saturated rings. The molecule has 15 heavy (non-hydrogen) atoms. The Kier molecular flexibility index (Phi) is 5.84. The highest BCUT2D eigenvalue weighted by atomic mass is 14.0. The lowest BCUT2D eigenvalue weighted by Gasteiger charge is -2.02. The van der Waals surface area contributed by atoms with Gasteiger partial charge in [-0.25, -0.2) is 0 Å². The highest BCUT2D eigenvalue weighted by Gasteiger charge is 1.94. The summed E-state index contributed by atoms with van der Waals surface area (Å²) in [4.78, 5) is 0. The summed E-state index contributed by atoms with van der Waals surface area (Å²) < 4.78 is 0. The van der Waals surface area contributed by atoms with Crippen molar-refractivity contribution in [3.63, 3.8) is 0 Å². The van der Waals surface area contributed by atoms with Crippen molar-refractivity contribution in [3.05, 3.63) is 41.5 Å². The molecule has 0 amide bonds. The highest BCUT2D eigenvalue weighted by molar-refractivity contribution is 5.49. The van der Waals surface area contributed by atoms with Crippen LogP contribution in [0.1, 0.15) is 50.7 Å². The first-order valence-electron chi connectivity index (χ1n) is 6.08. The maximum absolute atomic E-state index is 2.30. The normalized spacial score (nSPS) is 11.1. The van der Waals surface area contributed by atoms with Gasteiger partial charge < -0.3 is 0 Å². The summed E-state index contributed by atoms with van der Waals surface area (Å²) in [6.45, 7) is 4.32. The summed E-state index contributed by atoms with van der Waals surface area (Å²) in [5, 5.41) is 0. The minimum Gasteiger partial charge on any atom is -0.0871 e. The minimum absolute atomic E-state index is 1.23. The number of rotatable bonds is 6. The summed E-state index contributed by atoms with van der Waals surface area (Å²) in [5.74, 6) is 0. The molecule has 0 aliphatic carbocycles. The van der Waals surface area contributed by atoms with Gasteiger partial charge in [-0.2, -0.15) is 0 Å². The zero-order chi connectivity index (χ0) is 10.9. The van der Waals surface area contributed by atoms with Gasteiger partial charge in [0.25, 0.3) is 0 Å². The first kappa shape index (κ1) is 12.0. The van der Waals surface area contributed by atoms with Crippen LogP contribution in [-0.2, 0) is 6.42 Å². The van der Waals surface area contributed by atoms with Gasteiger partial charge >= 0.3 is 0 Å². The fourth-order valence-electron chi connectivity index (χ4n) is 1.80. The molecule has 1 aromatic rings. The Morgan fingerprint density at radius 2 is 2.00 bits per heavy atom. The van der Waals surface area contributed by atoms with E-state index in [9.17, 15) is 0 Å². The minimum atomic E-state index is 1.23. The van der Waals surface area contributed by atoms with Crippen molar-refractivity contribution in [2.45, 2.75) is 46.0 Å². The van der Waals surface area contributed by atoms with Gasteiger partial charge in [-0.05, 0) is 30.9 Å². The van der Waals surface area contributed by atoms with E-state index >= 15 is 0 Å². The Balaban J connectivity index is 2.43. The molecule has 0 N–H and O–H groups in total. The third kappa shape index (κ3) is 4.83. The second-order valence-electron chi connectivity index (χ2n) is 4.06. The summed E-state index contributed by atoms with van der Waals surface area (Å²) in [6.07, 6.45) is 10.9. The summed E-state index contributed by atoms with van der Waals surface area (Å²) in [7, 11) is 0. The number of unbranched alkanes of at least 4 members (excludes halogenated alkanes) is 3. The van der Waals surface area contributed by atoms with Crippen molar-refractivity contribution in [1.82, 2.24) is 0 Å². The quantitative estimate of drug-likeness (QED) is 0.579. The summed E-state index contributed by atoms with van der Waals surface area (Å²) in [6, 6.07) is 8.85. The zero-order valence-electron chi connectivity index (χ0n) is 10.00. The van der Waals surface area contributed by atoms with E-state index in [0.717, 1.165) is 0 Å². The van der Waals surface area contributed by atoms with Crippen molar-refractivity contribution in [1.29, 1.82) is 0 Å². The van der Waals surface area contributed by atoms with E-state index in [1.165, 1.54) is 43.2 Å². The van der Waals surface area contributed by atoms with Crippen LogP contribution in [0.4, 0.5) is 0 Å². The van der Waals surface area contributed by atoms with Crippen LogP contribution in [-0.4, -0.2) is 0 Å². The second-order valence-corrected chi connectivity index (χ2v) is 4.06. The molecule has 0 heteroatoms. The van der Waals surface area contributed by atoms with Gasteiger partial charge in [-0.15, -0.1) is 0 Å². The maximum atomic E-state index is 2.30. The lowest BCUT2D eigenvalue weighted by atomic mass is 10.0. The van der Waals surface area contributed by atoms with Gasteiger partial charge in [0.1, 0.15) is 0 Å². The lowest BCUT2D eigenvalue weighted by molar-refractivity contribution is 0.667. The van der Waals surface area contributed by atoms with E-state index in [-0.39, 0.29) is 0 Å². The van der Waals surface area contributed by atoms with Gasteiger partial charge in [0.15, 0.2) is 0 Å². The molecule has 0 spiro atoms. The third-order valence-electron chi connectivity index (χ3n) is 2.63. The molecule has 0 aliphatic heterocycles. The van der Waals surface area contributed by atoms with Crippen LogP contribution >= 0.6 is 0 Å². The van der Waals surface area contributed by atoms with E-state index in [4.69, 9.17) is 0 Å². The third-order valence-corrected chi connectivity index (χ3v) is 2.63. The smallest absolute Gasteiger partial charge is 0.0257 e. The predicted octanol–water partition coefficient (Wildman–Crippen LogP) is 4.84. The molecular weight excluding hydrogens is 180 g/mol. The van der Waals surface area contributed by atoms with Crippen LogP contribution in [0.15, 0.2) is 30.3 Å². The van der Waals surface area contributed by atoms with Crippen molar-refractivity contribution < 1.29 is 0 Å². The molecule has 0 bridgehead atoms. The maximum Gasteiger partial charge on any atom is -0.0257 e. The van der Waals surface area contributed by atoms with Crippen molar-refractivity contribution >= 4 is 6.08 Å². The molecule has 0 atom stereocenters. The van der Waals surface area contributed by atoms with Crippen LogP contribution in [0.25, 0.3) is 6.08 Å². The Bertz CT molecular complexity index is 297. The molecule has 1 rings (SSSR count). The molecule has 0 nitrogen and oxygen atoms in total. The van der Waals surface area contributed by atoms with Crippen LogP contribution in [0.3, 0.4) is 0 Å². The largest absolute Gasteiger partial charge is 0.0871 e. The summed E-state index contributed by atoms with van der Waals surface area (Å²) >= 11 is 0. The lowest BCUT2D eigenvalue weighted by Crippen LogP contribution is -1.86. The van der Waals surface area contributed by atoms with E-state index in [0.29, 0.717) is 0 Å². The van der Waals surface area contributed by atoms with E-state index in [1.807, 2.05) is 0 Å². The number of allylic oxidation sites excluding steroid dienone is 1. The molecule has 0 aliphatic rings. The Labute approximate surface area is 94.0 Å². The second kappa shape index (κ2) is 7.28. The van der Waals surface area contributed by atoms with Gasteiger partial charge in [-0.3, -0.25) is 0 Å². The van der Waals surface area contributed by atoms with Gasteiger partial charge in [0.05, 0.1) is 0 Å². The number of benzene rings is 1. The van der Waals surface area contributed by atoms with E-state index in [1.54, 1.807) is 0 Å². The van der Waals surface area contributed by atoms with Gasteiger partial charge in [-0.1, -0.05) is 62.6 Å². The number of hydrogen-bond donors (Lipinski definition) is 0. The Hall–Kier alpha value is -1.04.